The van der Waals surface area contributed by atoms with E-state index in [1.807, 2.05) is 4.90 Å². The molecular formula is C20H26N2O3. The smallest absolute Gasteiger partial charge is 0.236 e. The second-order valence-electron chi connectivity index (χ2n) is 8.22. The van der Waals surface area contributed by atoms with Gasteiger partial charge in [0.15, 0.2) is 0 Å². The van der Waals surface area contributed by atoms with Crippen LogP contribution in [-0.4, -0.2) is 65.3 Å². The molecule has 4 aliphatic rings. The first-order chi connectivity index (χ1) is 12.2. The number of rotatable bonds is 3. The highest BCUT2D eigenvalue weighted by molar-refractivity contribution is 5.79. The fourth-order valence-corrected chi connectivity index (χ4v) is 5.61. The number of carbonyl (C=O) groups is 1. The van der Waals surface area contributed by atoms with Gasteiger partial charge in [0.25, 0.3) is 0 Å². The molecule has 1 aromatic carbocycles. The van der Waals surface area contributed by atoms with E-state index in [1.54, 1.807) is 0 Å². The predicted octanol–water partition coefficient (Wildman–Crippen LogP) is 1.04. The highest BCUT2D eigenvalue weighted by atomic mass is 16.5. The molecule has 1 N–H and O–H groups in total. The van der Waals surface area contributed by atoms with E-state index in [-0.39, 0.29) is 30.1 Å². The lowest BCUT2D eigenvalue weighted by molar-refractivity contribution is -0.133. The molecule has 25 heavy (non-hydrogen) atoms. The third kappa shape index (κ3) is 2.44. The molecule has 1 amide bonds. The summed E-state index contributed by atoms with van der Waals surface area (Å²) < 4.78 is 6.24. The number of likely N-dealkylation sites (tertiary alicyclic amines) is 1. The van der Waals surface area contributed by atoms with Gasteiger partial charge in [0, 0.05) is 38.1 Å². The summed E-state index contributed by atoms with van der Waals surface area (Å²) in [6.45, 7) is 3.95. The maximum Gasteiger partial charge on any atom is 0.236 e. The SMILES string of the molecule is O=C(CN1CCc2ccccc2C1)N1C[C@H]2[C@@H](CO)[C@@H]3CC[C@@]2(C1)O3. The Bertz CT molecular complexity index is 693. The first-order valence-electron chi connectivity index (χ1n) is 9.54. The number of aliphatic hydroxyl groups is 1. The number of hydrogen-bond donors (Lipinski definition) is 1. The standard InChI is InChI=1S/C20H26N2O3/c23-12-16-17-10-22(13-20(17)7-5-18(16)25-20)19(24)11-21-8-6-14-3-1-2-4-15(14)9-21/h1-4,16-18,23H,5-13H2/t16-,17+,18+,20+/m1/s1. The van der Waals surface area contributed by atoms with Crippen LogP contribution in [0.15, 0.2) is 24.3 Å². The number of carbonyl (C=O) groups excluding carboxylic acids is 1. The van der Waals surface area contributed by atoms with Crippen LogP contribution < -0.4 is 0 Å². The molecule has 0 saturated carbocycles. The molecule has 4 atom stereocenters. The first-order valence-corrected chi connectivity index (χ1v) is 9.54. The number of amides is 1. The van der Waals surface area contributed by atoms with E-state index in [2.05, 4.69) is 29.2 Å². The van der Waals surface area contributed by atoms with E-state index in [4.69, 9.17) is 4.74 Å². The maximum atomic E-state index is 12.9. The second kappa shape index (κ2) is 5.79. The molecule has 0 aliphatic carbocycles. The molecule has 4 aliphatic heterocycles. The summed E-state index contributed by atoms with van der Waals surface area (Å²) in [4.78, 5) is 17.1. The van der Waals surface area contributed by atoms with E-state index in [1.165, 1.54) is 11.1 Å². The van der Waals surface area contributed by atoms with Crippen LogP contribution in [0.3, 0.4) is 0 Å². The third-order valence-electron chi connectivity index (χ3n) is 6.92. The van der Waals surface area contributed by atoms with Gasteiger partial charge in [0.2, 0.25) is 5.91 Å². The Balaban J connectivity index is 1.25. The van der Waals surface area contributed by atoms with Crippen molar-refractivity contribution in [3.05, 3.63) is 35.4 Å². The van der Waals surface area contributed by atoms with Crippen LogP contribution in [0.1, 0.15) is 24.0 Å². The number of aliphatic hydroxyl groups excluding tert-OH is 1. The van der Waals surface area contributed by atoms with Crippen molar-refractivity contribution >= 4 is 5.91 Å². The van der Waals surface area contributed by atoms with Crippen LogP contribution in [0.5, 0.6) is 0 Å². The van der Waals surface area contributed by atoms with Gasteiger partial charge in [-0.25, -0.2) is 0 Å². The minimum Gasteiger partial charge on any atom is -0.396 e. The highest BCUT2D eigenvalue weighted by Gasteiger charge is 2.63. The average Bonchev–Trinajstić information content (AvgIpc) is 3.29. The molecule has 0 unspecified atom stereocenters. The lowest BCUT2D eigenvalue weighted by Crippen LogP contribution is -2.43. The van der Waals surface area contributed by atoms with Crippen LogP contribution >= 0.6 is 0 Å². The molecule has 1 spiro atoms. The molecule has 0 radical (unpaired) electrons. The van der Waals surface area contributed by atoms with Crippen LogP contribution in [0, 0.1) is 11.8 Å². The van der Waals surface area contributed by atoms with Crippen molar-refractivity contribution < 1.29 is 14.6 Å². The summed E-state index contributed by atoms with van der Waals surface area (Å²) in [5, 5.41) is 9.72. The van der Waals surface area contributed by atoms with Gasteiger partial charge in [0.05, 0.1) is 24.8 Å². The van der Waals surface area contributed by atoms with E-state index in [0.29, 0.717) is 19.0 Å². The van der Waals surface area contributed by atoms with Crippen molar-refractivity contribution in [3.63, 3.8) is 0 Å². The monoisotopic (exact) mass is 342 g/mol. The molecule has 1 aromatic rings. The summed E-state index contributed by atoms with van der Waals surface area (Å²) >= 11 is 0. The summed E-state index contributed by atoms with van der Waals surface area (Å²) in [5.41, 5.74) is 2.60. The van der Waals surface area contributed by atoms with Gasteiger partial charge in [-0.05, 0) is 30.4 Å². The zero-order valence-electron chi connectivity index (χ0n) is 14.6. The Labute approximate surface area is 148 Å². The molecule has 134 valence electrons. The van der Waals surface area contributed by atoms with Crippen molar-refractivity contribution in [1.29, 1.82) is 0 Å². The Kier molecular flexibility index (Phi) is 3.66. The summed E-state index contributed by atoms with van der Waals surface area (Å²) in [6, 6.07) is 8.53. The van der Waals surface area contributed by atoms with Gasteiger partial charge in [0.1, 0.15) is 0 Å². The normalized spacial score (nSPS) is 36.5. The van der Waals surface area contributed by atoms with Gasteiger partial charge in [-0.2, -0.15) is 0 Å². The first kappa shape index (κ1) is 15.8. The highest BCUT2D eigenvalue weighted by Crippen LogP contribution is 2.54. The maximum absolute atomic E-state index is 12.9. The van der Waals surface area contributed by atoms with Crippen LogP contribution in [0.25, 0.3) is 0 Å². The van der Waals surface area contributed by atoms with Gasteiger partial charge in [-0.15, -0.1) is 0 Å². The Morgan fingerprint density at radius 2 is 2.16 bits per heavy atom. The molecule has 3 saturated heterocycles. The molecule has 2 bridgehead atoms. The lowest BCUT2D eigenvalue weighted by atomic mass is 9.74. The number of hydrogen-bond acceptors (Lipinski definition) is 4. The van der Waals surface area contributed by atoms with E-state index < -0.39 is 0 Å². The van der Waals surface area contributed by atoms with E-state index >= 15 is 0 Å². The minimum atomic E-state index is -0.164. The van der Waals surface area contributed by atoms with Crippen LogP contribution in [0.4, 0.5) is 0 Å². The Morgan fingerprint density at radius 3 is 3.00 bits per heavy atom. The lowest BCUT2D eigenvalue weighted by Gasteiger charge is -2.30. The van der Waals surface area contributed by atoms with Gasteiger partial charge in [-0.1, -0.05) is 24.3 Å². The van der Waals surface area contributed by atoms with Gasteiger partial charge in [-0.3, -0.25) is 9.69 Å². The largest absolute Gasteiger partial charge is 0.396 e. The fraction of sp³-hybridized carbons (Fsp3) is 0.650. The van der Waals surface area contributed by atoms with Crippen LogP contribution in [0.2, 0.25) is 0 Å². The predicted molar refractivity (Wildman–Crippen MR) is 92.9 cm³/mol. The molecule has 5 rings (SSSR count). The van der Waals surface area contributed by atoms with Crippen molar-refractivity contribution in [3.8, 4) is 0 Å². The third-order valence-corrected chi connectivity index (χ3v) is 6.92. The van der Waals surface area contributed by atoms with Crippen LogP contribution in [-0.2, 0) is 22.5 Å². The van der Waals surface area contributed by atoms with Gasteiger partial charge < -0.3 is 14.7 Å². The number of fused-ring (bicyclic) bond motifs is 2. The number of ether oxygens (including phenoxy) is 1. The summed E-state index contributed by atoms with van der Waals surface area (Å²) in [7, 11) is 0. The quantitative estimate of drug-likeness (QED) is 0.892. The molecule has 5 nitrogen and oxygen atoms in total. The van der Waals surface area contributed by atoms with Gasteiger partial charge >= 0.3 is 0 Å². The topological polar surface area (TPSA) is 53.0 Å². The van der Waals surface area contributed by atoms with E-state index in [9.17, 15) is 9.90 Å². The summed E-state index contributed by atoms with van der Waals surface area (Å²) in [6.07, 6.45) is 3.31. The average molecular weight is 342 g/mol. The van der Waals surface area contributed by atoms with Crippen molar-refractivity contribution in [2.45, 2.75) is 37.5 Å². The number of nitrogens with zero attached hydrogens (tertiary/aromatic N) is 2. The molecule has 0 aromatic heterocycles. The Morgan fingerprint density at radius 1 is 1.32 bits per heavy atom. The molecule has 4 heterocycles. The zero-order valence-corrected chi connectivity index (χ0v) is 14.6. The molecular weight excluding hydrogens is 316 g/mol. The number of benzene rings is 1. The minimum absolute atomic E-state index is 0.164. The Hall–Kier alpha value is -1.43. The van der Waals surface area contributed by atoms with Crippen molar-refractivity contribution in [2.24, 2.45) is 11.8 Å². The fourth-order valence-electron chi connectivity index (χ4n) is 5.61. The second-order valence-corrected chi connectivity index (χ2v) is 8.22. The molecule has 5 heteroatoms. The summed E-state index contributed by atoms with van der Waals surface area (Å²) in [5.74, 6) is 0.752. The molecule has 3 fully saturated rings. The zero-order chi connectivity index (χ0) is 17.0. The van der Waals surface area contributed by atoms with Crippen molar-refractivity contribution in [1.82, 2.24) is 9.80 Å². The van der Waals surface area contributed by atoms with E-state index in [0.717, 1.165) is 38.9 Å². The van der Waals surface area contributed by atoms with Crippen molar-refractivity contribution in [2.75, 3.05) is 32.8 Å².